The molecule has 0 atom stereocenters. The zero-order valence-electron chi connectivity index (χ0n) is 2.59. The summed E-state index contributed by atoms with van der Waals surface area (Å²) in [4.78, 5) is -1.88. The van der Waals surface area contributed by atoms with E-state index in [1.165, 1.54) is 0 Å². The van der Waals surface area contributed by atoms with Crippen LogP contribution < -0.4 is 16.5 Å². The molecular formula is H6N3PTe. The maximum atomic E-state index is 5.03. The molecule has 0 aliphatic rings. The van der Waals surface area contributed by atoms with Gasteiger partial charge < -0.3 is 0 Å². The molecule has 0 spiro atoms. The third-order valence-electron chi connectivity index (χ3n) is 0. The van der Waals surface area contributed by atoms with Crippen LogP contribution in [0.25, 0.3) is 0 Å². The van der Waals surface area contributed by atoms with Gasteiger partial charge in [-0.2, -0.15) is 0 Å². The molecule has 0 saturated heterocycles. The summed E-state index contributed by atoms with van der Waals surface area (Å²) in [5, 5.41) is 0. The fourth-order valence-electron chi connectivity index (χ4n) is 0. The van der Waals surface area contributed by atoms with E-state index in [9.17, 15) is 0 Å². The van der Waals surface area contributed by atoms with Crippen molar-refractivity contribution >= 4 is 26.2 Å². The van der Waals surface area contributed by atoms with Crippen LogP contribution in [0.1, 0.15) is 0 Å². The first kappa shape index (κ1) is 6.10. The molecular weight excluding hydrogens is 201 g/mol. The van der Waals surface area contributed by atoms with Gasteiger partial charge in [-0.05, 0) is 0 Å². The van der Waals surface area contributed by atoms with Crippen molar-refractivity contribution in [1.82, 2.24) is 0 Å². The Morgan fingerprint density at radius 2 is 1.20 bits per heavy atom. The fourth-order valence-corrected chi connectivity index (χ4v) is 0. The van der Waals surface area contributed by atoms with E-state index in [0.717, 1.165) is 0 Å². The number of hydrogen-bond acceptors (Lipinski definition) is 3. The zero-order valence-corrected chi connectivity index (χ0v) is 5.81. The Labute approximate surface area is 43.0 Å². The summed E-state index contributed by atoms with van der Waals surface area (Å²) in [5.41, 5.74) is 15.1. The summed E-state index contributed by atoms with van der Waals surface area (Å²) in [6, 6.07) is 0. The molecule has 0 rings (SSSR count). The minimum atomic E-state index is -1.88. The van der Waals surface area contributed by atoms with Crippen LogP contribution in [-0.2, 0) is 0 Å². The molecule has 0 heterocycles. The Hall–Kier alpha value is 1.10. The van der Waals surface area contributed by atoms with E-state index in [1.807, 2.05) is 0 Å². The van der Waals surface area contributed by atoms with Gasteiger partial charge in [0.15, 0.2) is 0 Å². The van der Waals surface area contributed by atoms with Gasteiger partial charge in [0.1, 0.15) is 0 Å². The van der Waals surface area contributed by atoms with Gasteiger partial charge in [-0.25, -0.2) is 0 Å². The molecule has 0 bridgehead atoms. The molecule has 3 nitrogen and oxygen atoms in total. The predicted molar refractivity (Wildman–Crippen MR) is 25.2 cm³/mol. The van der Waals surface area contributed by atoms with Gasteiger partial charge >= 0.3 is 42.7 Å². The number of hydrogen-bond donors (Lipinski definition) is 3. The fraction of sp³-hybridized carbons (Fsp3) is 0. The van der Waals surface area contributed by atoms with E-state index in [0.29, 0.717) is 0 Å². The van der Waals surface area contributed by atoms with Crippen LogP contribution in [-0.4, -0.2) is 21.2 Å². The summed E-state index contributed by atoms with van der Waals surface area (Å²) in [6.07, 6.45) is 0. The van der Waals surface area contributed by atoms with E-state index in [-0.39, 0.29) is 0 Å². The van der Waals surface area contributed by atoms with Gasteiger partial charge in [0.2, 0.25) is 0 Å². The predicted octanol–water partition coefficient (Wildman–Crippen LogP) is -1.29. The third-order valence-corrected chi connectivity index (χ3v) is 0. The van der Waals surface area contributed by atoms with Gasteiger partial charge in [0.05, 0.1) is 0 Å². The van der Waals surface area contributed by atoms with Gasteiger partial charge in [0.25, 0.3) is 0 Å². The summed E-state index contributed by atoms with van der Waals surface area (Å²) in [7, 11) is 0. The summed E-state index contributed by atoms with van der Waals surface area (Å²) < 4.78 is 0. The minimum absolute atomic E-state index is 1.57. The van der Waals surface area contributed by atoms with Crippen LogP contribution >= 0.6 is 4.94 Å². The Balaban J connectivity index is 3.47. The molecule has 0 aromatic rings. The molecule has 32 valence electrons. The van der Waals surface area contributed by atoms with E-state index in [2.05, 4.69) is 0 Å². The topological polar surface area (TPSA) is 78.1 Å². The zero-order chi connectivity index (χ0) is 4.50. The molecule has 6 N–H and O–H groups in total. The first-order valence-corrected chi connectivity index (χ1v) is 6.00. The monoisotopic (exact) mass is 209 g/mol. The van der Waals surface area contributed by atoms with Crippen LogP contribution in [0.3, 0.4) is 0 Å². The average molecular weight is 207 g/mol. The van der Waals surface area contributed by atoms with Crippen LogP contribution in [0.5, 0.6) is 0 Å². The average Bonchev–Trinajstić information content (AvgIpc) is 0.722. The summed E-state index contributed by atoms with van der Waals surface area (Å²) in [6.45, 7) is 0. The molecule has 0 aliphatic carbocycles. The van der Waals surface area contributed by atoms with Crippen molar-refractivity contribution < 1.29 is 0 Å². The molecule has 5 heavy (non-hydrogen) atoms. The standard InChI is InChI=1S/H6N3PTe/c1-4(2,3)5/h(H6,1,2,3,5). The van der Waals surface area contributed by atoms with Gasteiger partial charge in [0, 0.05) is 0 Å². The van der Waals surface area contributed by atoms with Crippen molar-refractivity contribution in [3.8, 4) is 0 Å². The second-order valence-electron chi connectivity index (χ2n) is 0.763. The second-order valence-corrected chi connectivity index (χ2v) is 7.71. The molecule has 5 heteroatoms. The van der Waals surface area contributed by atoms with Gasteiger partial charge in [-0.1, -0.05) is 0 Å². The summed E-state index contributed by atoms with van der Waals surface area (Å²) in [5.74, 6) is 0. The SMILES string of the molecule is NP(N)(N)=[Te]. The van der Waals surface area contributed by atoms with Crippen LogP contribution in [0.15, 0.2) is 0 Å². The van der Waals surface area contributed by atoms with Gasteiger partial charge in [-0.15, -0.1) is 0 Å². The van der Waals surface area contributed by atoms with E-state index in [1.54, 1.807) is 21.2 Å². The molecule has 0 aromatic heterocycles. The quantitative estimate of drug-likeness (QED) is 0.341. The van der Waals surface area contributed by atoms with Crippen molar-refractivity contribution in [2.24, 2.45) is 16.5 Å². The van der Waals surface area contributed by atoms with Crippen molar-refractivity contribution in [1.29, 1.82) is 0 Å². The normalized spacial score (nSPS) is 11.8. The first-order chi connectivity index (χ1) is 2.00. The van der Waals surface area contributed by atoms with E-state index < -0.39 is 4.94 Å². The van der Waals surface area contributed by atoms with Crippen LogP contribution in [0.4, 0.5) is 0 Å². The molecule has 0 aliphatic heterocycles. The Bertz CT molecular complexity index is 53.0. The molecule has 0 radical (unpaired) electrons. The molecule has 0 unspecified atom stereocenters. The third kappa shape index (κ3) is 40.5. The number of rotatable bonds is 0. The summed E-state index contributed by atoms with van der Waals surface area (Å²) >= 11 is 1.57. The van der Waals surface area contributed by atoms with Crippen molar-refractivity contribution in [2.75, 3.05) is 0 Å². The molecule has 0 saturated carbocycles. The van der Waals surface area contributed by atoms with Crippen molar-refractivity contribution in [2.45, 2.75) is 0 Å². The molecule has 0 aromatic carbocycles. The van der Waals surface area contributed by atoms with Crippen LogP contribution in [0.2, 0.25) is 0 Å². The van der Waals surface area contributed by atoms with Gasteiger partial charge in [-0.3, -0.25) is 0 Å². The Kier molecular flexibility index (Phi) is 2.07. The first-order valence-electron chi connectivity index (χ1n) is 0.957. The number of nitrogens with two attached hydrogens (primary N) is 3. The molecule has 0 amide bonds. The van der Waals surface area contributed by atoms with Crippen molar-refractivity contribution in [3.63, 3.8) is 0 Å². The van der Waals surface area contributed by atoms with E-state index >= 15 is 0 Å². The second kappa shape index (κ2) is 1.70. The molecule has 0 fully saturated rings. The van der Waals surface area contributed by atoms with Crippen molar-refractivity contribution in [3.05, 3.63) is 0 Å². The Morgan fingerprint density at radius 3 is 1.20 bits per heavy atom. The Morgan fingerprint density at radius 1 is 1.20 bits per heavy atom. The van der Waals surface area contributed by atoms with Crippen LogP contribution in [0, 0.1) is 0 Å². The van der Waals surface area contributed by atoms with E-state index in [4.69, 9.17) is 16.5 Å². The maximum absolute atomic E-state index is 5.03.